The fraction of sp³-hybridized carbons (Fsp3) is 0.400. The third-order valence-electron chi connectivity index (χ3n) is 5.83. The van der Waals surface area contributed by atoms with Crippen LogP contribution in [0.4, 0.5) is 0 Å². The minimum atomic E-state index is -1.01. The third-order valence-corrected chi connectivity index (χ3v) is 6.45. The summed E-state index contributed by atoms with van der Waals surface area (Å²) in [5.74, 6) is -0.104. The Hall–Kier alpha value is -2.11. The lowest BCUT2D eigenvalue weighted by Gasteiger charge is -2.43. The van der Waals surface area contributed by atoms with E-state index in [9.17, 15) is 4.79 Å². The Balaban J connectivity index is 1.98. The first-order chi connectivity index (χ1) is 14.3. The van der Waals surface area contributed by atoms with Gasteiger partial charge in [-0.15, -0.1) is 0 Å². The van der Waals surface area contributed by atoms with Gasteiger partial charge in [0, 0.05) is 17.4 Å². The number of carbonyl (C=O) groups is 1. The number of aliphatic carboxylic acids is 1. The van der Waals surface area contributed by atoms with Crippen molar-refractivity contribution >= 4 is 21.9 Å². The second kappa shape index (κ2) is 9.80. The molecule has 160 valence electrons. The molecule has 0 aliphatic carbocycles. The van der Waals surface area contributed by atoms with Crippen LogP contribution in [0, 0.1) is 12.8 Å². The Morgan fingerprint density at radius 3 is 2.57 bits per heavy atom. The molecule has 3 rings (SSSR count). The minimum Gasteiger partial charge on any atom is -0.480 e. The Morgan fingerprint density at radius 1 is 1.27 bits per heavy atom. The normalized spacial score (nSPS) is 23.7. The molecule has 30 heavy (non-hydrogen) atoms. The van der Waals surface area contributed by atoms with E-state index in [1.165, 1.54) is 11.1 Å². The Labute approximate surface area is 187 Å². The molecular weight excluding hydrogens is 444 g/mol. The topological polar surface area (TPSA) is 55.8 Å². The van der Waals surface area contributed by atoms with Crippen molar-refractivity contribution < 1.29 is 19.4 Å². The van der Waals surface area contributed by atoms with Gasteiger partial charge < -0.3 is 14.6 Å². The third kappa shape index (κ3) is 4.96. The first-order valence-electron chi connectivity index (χ1n) is 10.3. The summed E-state index contributed by atoms with van der Waals surface area (Å²) in [4.78, 5) is 11.1. The van der Waals surface area contributed by atoms with Gasteiger partial charge in [-0.3, -0.25) is 0 Å². The maximum absolute atomic E-state index is 11.1. The van der Waals surface area contributed by atoms with Crippen LogP contribution in [-0.2, 0) is 9.53 Å². The van der Waals surface area contributed by atoms with Gasteiger partial charge >= 0.3 is 5.97 Å². The molecule has 2 aromatic rings. The molecule has 0 bridgehead atoms. The molecule has 4 nitrogen and oxygen atoms in total. The van der Waals surface area contributed by atoms with Crippen molar-refractivity contribution in [1.29, 1.82) is 0 Å². The van der Waals surface area contributed by atoms with Crippen molar-refractivity contribution in [3.05, 3.63) is 75.8 Å². The summed E-state index contributed by atoms with van der Waals surface area (Å²) < 4.78 is 13.1. The average Bonchev–Trinajstić information content (AvgIpc) is 2.72. The van der Waals surface area contributed by atoms with Crippen LogP contribution < -0.4 is 4.74 Å². The van der Waals surface area contributed by atoms with Crippen LogP contribution in [0.5, 0.6) is 5.75 Å². The van der Waals surface area contributed by atoms with E-state index < -0.39 is 12.6 Å². The predicted octanol–water partition coefficient (Wildman–Crippen LogP) is 6.44. The molecule has 1 aliphatic heterocycles. The van der Waals surface area contributed by atoms with Crippen LogP contribution in [0.3, 0.4) is 0 Å². The zero-order valence-corrected chi connectivity index (χ0v) is 19.3. The van der Waals surface area contributed by atoms with Crippen LogP contribution in [0.2, 0.25) is 0 Å². The molecule has 0 unspecified atom stereocenters. The zero-order valence-electron chi connectivity index (χ0n) is 17.7. The molecule has 1 heterocycles. The van der Waals surface area contributed by atoms with Crippen LogP contribution in [-0.4, -0.2) is 23.8 Å². The van der Waals surface area contributed by atoms with E-state index in [-0.39, 0.29) is 24.0 Å². The highest BCUT2D eigenvalue weighted by molar-refractivity contribution is 9.10. The Kier molecular flexibility index (Phi) is 7.37. The zero-order chi connectivity index (χ0) is 21.8. The number of hydrogen-bond donors (Lipinski definition) is 1. The van der Waals surface area contributed by atoms with E-state index >= 15 is 0 Å². The van der Waals surface area contributed by atoms with Crippen molar-refractivity contribution in [2.75, 3.05) is 6.61 Å². The van der Waals surface area contributed by atoms with Crippen LogP contribution in [0.15, 0.2) is 59.1 Å². The molecule has 0 saturated carbocycles. The molecule has 0 radical (unpaired) electrons. The second-order valence-corrected chi connectivity index (χ2v) is 8.90. The van der Waals surface area contributed by atoms with Crippen LogP contribution >= 0.6 is 15.9 Å². The number of ether oxygens (including phenoxy) is 2. The molecule has 1 fully saturated rings. The average molecular weight is 473 g/mol. The van der Waals surface area contributed by atoms with Crippen molar-refractivity contribution in [3.8, 4) is 5.75 Å². The van der Waals surface area contributed by atoms with E-state index in [1.54, 1.807) is 0 Å². The number of carboxylic acid groups (broad SMARTS) is 1. The number of carboxylic acids is 1. The summed E-state index contributed by atoms with van der Waals surface area (Å²) in [6, 6.07) is 14.4. The number of hydrogen-bond acceptors (Lipinski definition) is 3. The van der Waals surface area contributed by atoms with Gasteiger partial charge in [0.2, 0.25) is 0 Å². The van der Waals surface area contributed by atoms with E-state index in [1.807, 2.05) is 25.1 Å². The van der Waals surface area contributed by atoms with Gasteiger partial charge in [0.05, 0.1) is 16.7 Å². The van der Waals surface area contributed by atoms with Crippen molar-refractivity contribution in [2.24, 2.45) is 5.92 Å². The number of rotatable bonds is 7. The summed E-state index contributed by atoms with van der Waals surface area (Å²) in [5.41, 5.74) is 4.44. The fourth-order valence-corrected chi connectivity index (χ4v) is 4.75. The Morgan fingerprint density at radius 2 is 1.97 bits per heavy atom. The maximum atomic E-state index is 11.1. The number of aryl methyl sites for hydroxylation is 1. The second-order valence-electron chi connectivity index (χ2n) is 8.05. The van der Waals surface area contributed by atoms with Gasteiger partial charge in [-0.1, -0.05) is 61.0 Å². The molecule has 2 aromatic carbocycles. The Bertz CT molecular complexity index is 906. The van der Waals surface area contributed by atoms with Crippen molar-refractivity contribution in [3.63, 3.8) is 0 Å². The van der Waals surface area contributed by atoms with Gasteiger partial charge in [-0.25, -0.2) is 4.79 Å². The van der Waals surface area contributed by atoms with Gasteiger partial charge in [-0.2, -0.15) is 0 Å². The maximum Gasteiger partial charge on any atom is 0.341 e. The smallest absolute Gasteiger partial charge is 0.341 e. The number of para-hydroxylation sites is 1. The lowest BCUT2D eigenvalue weighted by atomic mass is 9.75. The summed E-state index contributed by atoms with van der Waals surface area (Å²) >= 11 is 3.51. The quantitative estimate of drug-likeness (QED) is 0.471. The van der Waals surface area contributed by atoms with Crippen molar-refractivity contribution in [1.82, 2.24) is 0 Å². The largest absolute Gasteiger partial charge is 0.480 e. The number of benzene rings is 2. The van der Waals surface area contributed by atoms with Crippen LogP contribution in [0.1, 0.15) is 55.4 Å². The molecule has 0 aromatic heterocycles. The van der Waals surface area contributed by atoms with Crippen molar-refractivity contribution in [2.45, 2.75) is 51.7 Å². The molecule has 5 heteroatoms. The first-order valence-corrected chi connectivity index (χ1v) is 11.1. The highest BCUT2D eigenvalue weighted by Crippen LogP contribution is 2.49. The fourth-order valence-electron chi connectivity index (χ4n) is 4.26. The standard InChI is InChI=1S/C25H29BrO4/c1-5-22-20(17-11-9-16(4)10-12-17)13-19(15(2)3)24(30-22)18-7-6-8-21(26)25(18)29-14-23(27)28/h6-12,19-20,22,24H,2,5,13-14H2,1,3-4H3,(H,27,28)/t19-,20-,22+,24-/m1/s1. The summed E-state index contributed by atoms with van der Waals surface area (Å²) in [5, 5.41) is 9.08. The molecule has 4 atom stereocenters. The van der Waals surface area contributed by atoms with E-state index in [4.69, 9.17) is 14.6 Å². The summed E-state index contributed by atoms with van der Waals surface area (Å²) in [6.45, 7) is 10.1. The summed E-state index contributed by atoms with van der Waals surface area (Å²) in [6.07, 6.45) is 1.62. The predicted molar refractivity (Wildman–Crippen MR) is 122 cm³/mol. The van der Waals surface area contributed by atoms with Gasteiger partial charge in [0.15, 0.2) is 6.61 Å². The van der Waals surface area contributed by atoms with Gasteiger partial charge in [0.25, 0.3) is 0 Å². The number of halogens is 1. The lowest BCUT2D eigenvalue weighted by Crippen LogP contribution is -2.36. The van der Waals surface area contributed by atoms with E-state index in [0.717, 1.165) is 28.5 Å². The summed E-state index contributed by atoms with van der Waals surface area (Å²) in [7, 11) is 0. The van der Waals surface area contributed by atoms with E-state index in [0.29, 0.717) is 5.75 Å². The lowest BCUT2D eigenvalue weighted by molar-refractivity contribution is -0.139. The van der Waals surface area contributed by atoms with Gasteiger partial charge in [-0.05, 0) is 54.2 Å². The highest BCUT2D eigenvalue weighted by atomic mass is 79.9. The first kappa shape index (κ1) is 22.6. The molecule has 1 N–H and O–H groups in total. The molecular formula is C25H29BrO4. The van der Waals surface area contributed by atoms with Gasteiger partial charge in [0.1, 0.15) is 5.75 Å². The minimum absolute atomic E-state index is 0.0552. The molecule has 0 amide bonds. The monoisotopic (exact) mass is 472 g/mol. The van der Waals surface area contributed by atoms with E-state index in [2.05, 4.69) is 60.6 Å². The molecule has 0 spiro atoms. The van der Waals surface area contributed by atoms with Crippen LogP contribution in [0.25, 0.3) is 0 Å². The molecule has 1 aliphatic rings. The molecule has 1 saturated heterocycles. The highest BCUT2D eigenvalue weighted by Gasteiger charge is 2.40. The SMILES string of the molecule is C=C(C)[C@H]1C[C@H](c2ccc(C)cc2)[C@H](CC)O[C@@H]1c1cccc(Br)c1OCC(=O)O.